The Bertz CT molecular complexity index is 962. The van der Waals surface area contributed by atoms with Crippen LogP contribution in [0.3, 0.4) is 0 Å². The summed E-state index contributed by atoms with van der Waals surface area (Å²) in [7, 11) is 0. The van der Waals surface area contributed by atoms with E-state index in [1.807, 2.05) is 4.90 Å². The smallest absolute Gasteiger partial charge is 0.225 e. The lowest BCUT2D eigenvalue weighted by Gasteiger charge is -2.35. The third kappa shape index (κ3) is 3.15. The van der Waals surface area contributed by atoms with Crippen LogP contribution in [0.5, 0.6) is 0 Å². The van der Waals surface area contributed by atoms with E-state index in [1.165, 1.54) is 5.56 Å². The Hall–Kier alpha value is -2.18. The number of fused-ring (bicyclic) bond motifs is 1. The quantitative estimate of drug-likeness (QED) is 0.625. The number of rotatable bonds is 2. The maximum absolute atomic E-state index is 11.6. The van der Waals surface area contributed by atoms with Crippen molar-refractivity contribution in [1.29, 1.82) is 0 Å². The average Bonchev–Trinajstić information content (AvgIpc) is 3.05. The van der Waals surface area contributed by atoms with Crippen LogP contribution < -0.4 is 4.90 Å². The molecule has 0 radical (unpaired) electrons. The van der Waals surface area contributed by atoms with Gasteiger partial charge >= 0.3 is 0 Å². The lowest BCUT2D eigenvalue weighted by molar-refractivity contribution is -0.129. The Labute approximate surface area is 161 Å². The fourth-order valence-electron chi connectivity index (χ4n) is 3.31. The molecule has 0 bridgehead atoms. The molecule has 0 aliphatic carbocycles. The van der Waals surface area contributed by atoms with Gasteiger partial charge in [-0.05, 0) is 24.1 Å². The molecular formula is C19H19ClN4OS. The fraction of sp³-hybridized carbons (Fsp3) is 0.316. The minimum absolute atomic E-state index is 0.117. The van der Waals surface area contributed by atoms with E-state index in [4.69, 9.17) is 11.6 Å². The molecule has 4 rings (SSSR count). The van der Waals surface area contributed by atoms with Crippen molar-refractivity contribution in [2.75, 3.05) is 31.1 Å². The summed E-state index contributed by atoms with van der Waals surface area (Å²) in [5, 5.41) is 3.42. The number of nitrogens with zero attached hydrogens (tertiary/aromatic N) is 4. The molecule has 134 valence electrons. The third-order valence-electron chi connectivity index (χ3n) is 4.77. The summed E-state index contributed by atoms with van der Waals surface area (Å²) in [5.41, 5.74) is 3.51. The van der Waals surface area contributed by atoms with Crippen LogP contribution in [0.1, 0.15) is 12.5 Å². The SMILES string of the molecule is CC(=O)N1CCN(c2nc(Cl)nc3scc(-c4ccc(C)cc4)c23)CC1. The number of aromatic nitrogens is 2. The van der Waals surface area contributed by atoms with Gasteiger partial charge in [0.05, 0.1) is 5.39 Å². The van der Waals surface area contributed by atoms with Crippen LogP contribution in [-0.4, -0.2) is 47.0 Å². The van der Waals surface area contributed by atoms with Crippen molar-refractivity contribution in [1.82, 2.24) is 14.9 Å². The van der Waals surface area contributed by atoms with Gasteiger partial charge in [0, 0.05) is 44.0 Å². The van der Waals surface area contributed by atoms with E-state index in [0.717, 1.165) is 40.3 Å². The molecule has 1 aliphatic rings. The van der Waals surface area contributed by atoms with E-state index in [9.17, 15) is 4.79 Å². The number of hydrogen-bond donors (Lipinski definition) is 0. The first-order valence-corrected chi connectivity index (χ1v) is 9.81. The van der Waals surface area contributed by atoms with Crippen molar-refractivity contribution < 1.29 is 4.79 Å². The van der Waals surface area contributed by atoms with Gasteiger partial charge in [-0.1, -0.05) is 29.8 Å². The predicted octanol–water partition coefficient (Wildman–Crippen LogP) is 3.99. The highest BCUT2D eigenvalue weighted by atomic mass is 35.5. The third-order valence-corrected chi connectivity index (χ3v) is 5.82. The maximum Gasteiger partial charge on any atom is 0.225 e. The number of thiophene rings is 1. The van der Waals surface area contributed by atoms with Gasteiger partial charge < -0.3 is 9.80 Å². The van der Waals surface area contributed by atoms with Crippen LogP contribution in [0.25, 0.3) is 21.3 Å². The van der Waals surface area contributed by atoms with E-state index in [2.05, 4.69) is 51.4 Å². The molecule has 1 amide bonds. The molecule has 1 aliphatic heterocycles. The van der Waals surface area contributed by atoms with Crippen molar-refractivity contribution in [3.8, 4) is 11.1 Å². The van der Waals surface area contributed by atoms with Crippen LogP contribution in [0, 0.1) is 6.92 Å². The molecule has 0 N–H and O–H groups in total. The molecule has 0 spiro atoms. The van der Waals surface area contributed by atoms with Gasteiger partial charge in [0.15, 0.2) is 0 Å². The number of aryl methyl sites for hydroxylation is 1. The Balaban J connectivity index is 1.78. The minimum Gasteiger partial charge on any atom is -0.352 e. The largest absolute Gasteiger partial charge is 0.352 e. The first-order valence-electron chi connectivity index (χ1n) is 8.55. The molecule has 26 heavy (non-hydrogen) atoms. The molecule has 7 heteroatoms. The van der Waals surface area contributed by atoms with Gasteiger partial charge in [-0.25, -0.2) is 4.98 Å². The number of halogens is 1. The number of carbonyl (C=O) groups excluding carboxylic acids is 1. The molecule has 1 saturated heterocycles. The van der Waals surface area contributed by atoms with Crippen LogP contribution in [0.4, 0.5) is 5.82 Å². The van der Waals surface area contributed by atoms with Crippen LogP contribution in [-0.2, 0) is 4.79 Å². The van der Waals surface area contributed by atoms with Gasteiger partial charge in [0.2, 0.25) is 11.2 Å². The molecule has 2 aromatic heterocycles. The molecule has 0 saturated carbocycles. The van der Waals surface area contributed by atoms with Gasteiger partial charge in [0.25, 0.3) is 0 Å². The lowest BCUT2D eigenvalue weighted by atomic mass is 10.0. The Morgan fingerprint density at radius 2 is 1.81 bits per heavy atom. The monoisotopic (exact) mass is 386 g/mol. The Kier molecular flexibility index (Phi) is 4.54. The molecule has 3 aromatic rings. The summed E-state index contributed by atoms with van der Waals surface area (Å²) in [6, 6.07) is 8.48. The molecule has 0 unspecified atom stereocenters. The second kappa shape index (κ2) is 6.85. The van der Waals surface area contributed by atoms with Crippen molar-refractivity contribution in [2.24, 2.45) is 0 Å². The second-order valence-electron chi connectivity index (χ2n) is 6.50. The summed E-state index contributed by atoms with van der Waals surface area (Å²) in [6.45, 7) is 6.57. The number of hydrogen-bond acceptors (Lipinski definition) is 5. The minimum atomic E-state index is 0.117. The van der Waals surface area contributed by atoms with Crippen molar-refractivity contribution in [2.45, 2.75) is 13.8 Å². The maximum atomic E-state index is 11.6. The summed E-state index contributed by atoms with van der Waals surface area (Å²) < 4.78 is 0. The van der Waals surface area contributed by atoms with E-state index < -0.39 is 0 Å². The zero-order chi connectivity index (χ0) is 18.3. The van der Waals surface area contributed by atoms with Gasteiger partial charge in [-0.2, -0.15) is 4.98 Å². The van der Waals surface area contributed by atoms with E-state index in [1.54, 1.807) is 18.3 Å². The Morgan fingerprint density at radius 3 is 2.46 bits per heavy atom. The standard InChI is InChI=1S/C19H19ClN4OS/c1-12-3-5-14(6-4-12)15-11-26-18-16(15)17(21-19(20)22-18)24-9-7-23(8-10-24)13(2)25/h3-6,11H,7-10H2,1-2H3. The number of piperazine rings is 1. The molecule has 5 nitrogen and oxygen atoms in total. The highest BCUT2D eigenvalue weighted by molar-refractivity contribution is 7.17. The normalized spacial score (nSPS) is 14.9. The Morgan fingerprint density at radius 1 is 1.12 bits per heavy atom. The second-order valence-corrected chi connectivity index (χ2v) is 7.70. The van der Waals surface area contributed by atoms with Gasteiger partial charge in [-0.3, -0.25) is 4.79 Å². The number of carbonyl (C=O) groups is 1. The highest BCUT2D eigenvalue weighted by Crippen LogP contribution is 2.39. The summed E-state index contributed by atoms with van der Waals surface area (Å²) in [4.78, 5) is 25.5. The van der Waals surface area contributed by atoms with Crippen molar-refractivity contribution in [3.05, 3.63) is 40.5 Å². The molecule has 3 heterocycles. The summed E-state index contributed by atoms with van der Waals surface area (Å²) in [6.07, 6.45) is 0. The van der Waals surface area contributed by atoms with Crippen LogP contribution >= 0.6 is 22.9 Å². The van der Waals surface area contributed by atoms with E-state index >= 15 is 0 Å². The summed E-state index contributed by atoms with van der Waals surface area (Å²) in [5.74, 6) is 0.978. The van der Waals surface area contributed by atoms with Crippen molar-refractivity contribution in [3.63, 3.8) is 0 Å². The molecule has 1 fully saturated rings. The first kappa shape index (κ1) is 17.2. The first-order chi connectivity index (χ1) is 12.5. The predicted molar refractivity (Wildman–Crippen MR) is 107 cm³/mol. The highest BCUT2D eigenvalue weighted by Gasteiger charge is 2.24. The fourth-order valence-corrected chi connectivity index (χ4v) is 4.46. The molecule has 0 atom stereocenters. The van der Waals surface area contributed by atoms with Crippen LogP contribution in [0.15, 0.2) is 29.6 Å². The zero-order valence-corrected chi connectivity index (χ0v) is 16.3. The number of anilines is 1. The number of benzene rings is 1. The van der Waals surface area contributed by atoms with E-state index in [-0.39, 0.29) is 11.2 Å². The molecule has 1 aromatic carbocycles. The van der Waals surface area contributed by atoms with E-state index in [0.29, 0.717) is 13.1 Å². The van der Waals surface area contributed by atoms with Gasteiger partial charge in [-0.15, -0.1) is 11.3 Å². The van der Waals surface area contributed by atoms with Crippen LogP contribution in [0.2, 0.25) is 5.28 Å². The lowest BCUT2D eigenvalue weighted by Crippen LogP contribution is -2.48. The van der Waals surface area contributed by atoms with Gasteiger partial charge in [0.1, 0.15) is 10.6 Å². The average molecular weight is 387 g/mol. The van der Waals surface area contributed by atoms with Crippen molar-refractivity contribution >= 4 is 44.9 Å². The summed E-state index contributed by atoms with van der Waals surface area (Å²) >= 11 is 7.78. The number of amides is 1. The molecular weight excluding hydrogens is 368 g/mol. The topological polar surface area (TPSA) is 49.3 Å². The zero-order valence-electron chi connectivity index (χ0n) is 14.7.